The molecule has 5 atom stereocenters. The van der Waals surface area contributed by atoms with Gasteiger partial charge in [0, 0.05) is 33.2 Å². The number of fused-ring (bicyclic) bond motifs is 1. The van der Waals surface area contributed by atoms with E-state index in [0.717, 1.165) is 6.42 Å². The minimum Gasteiger partial charge on any atom is -0.122 e. The Bertz CT molecular complexity index is 439. The van der Waals surface area contributed by atoms with Gasteiger partial charge in [-0.1, -0.05) is 46.4 Å². The van der Waals surface area contributed by atoms with Crippen LogP contribution in [0, 0.1) is 17.8 Å². The Morgan fingerprint density at radius 3 is 2.00 bits per heavy atom. The standard InChI is InChI=1S/C10H6Cl6/c11-5-3-1-2-4(5)10(16,8(14)6(2)12)9(15)7(3)13/h2-5H,1H2/t2-,3+,4-,5?,10+/m0/s1. The molecule has 0 amide bonds. The number of allylic oxidation sites excluding steroid dienone is 4. The molecule has 0 aromatic heterocycles. The average Bonchev–Trinajstić information content (AvgIpc) is 2.66. The van der Waals surface area contributed by atoms with Gasteiger partial charge in [-0.2, -0.15) is 0 Å². The van der Waals surface area contributed by atoms with Crippen LogP contribution in [-0.4, -0.2) is 10.3 Å². The van der Waals surface area contributed by atoms with E-state index in [1.807, 2.05) is 0 Å². The maximum atomic E-state index is 6.55. The van der Waals surface area contributed by atoms with E-state index in [2.05, 4.69) is 0 Å². The molecule has 3 aliphatic carbocycles. The summed E-state index contributed by atoms with van der Waals surface area (Å²) in [6, 6.07) is 0. The van der Waals surface area contributed by atoms with Gasteiger partial charge in [-0.15, -0.1) is 23.2 Å². The highest BCUT2D eigenvalue weighted by Crippen LogP contribution is 2.69. The zero-order valence-corrected chi connectivity index (χ0v) is 12.3. The maximum Gasteiger partial charge on any atom is 0.122 e. The molecule has 3 aliphatic rings. The number of hydrogen-bond donors (Lipinski definition) is 0. The van der Waals surface area contributed by atoms with Crippen molar-refractivity contribution in [3.63, 3.8) is 0 Å². The van der Waals surface area contributed by atoms with Crippen molar-refractivity contribution in [3.8, 4) is 0 Å². The first kappa shape index (κ1) is 12.3. The Labute approximate surface area is 123 Å². The fraction of sp³-hybridized carbons (Fsp3) is 0.600. The molecule has 6 heteroatoms. The Kier molecular flexibility index (Phi) is 2.77. The molecule has 0 radical (unpaired) electrons. The van der Waals surface area contributed by atoms with Crippen LogP contribution in [0.2, 0.25) is 0 Å². The van der Waals surface area contributed by atoms with E-state index in [9.17, 15) is 0 Å². The highest BCUT2D eigenvalue weighted by Gasteiger charge is 2.65. The van der Waals surface area contributed by atoms with E-state index in [1.54, 1.807) is 0 Å². The van der Waals surface area contributed by atoms with Crippen LogP contribution in [0.3, 0.4) is 0 Å². The third-order valence-electron chi connectivity index (χ3n) is 3.84. The normalized spacial score (nSPS) is 50.6. The number of halogens is 6. The molecule has 0 heterocycles. The van der Waals surface area contributed by atoms with Crippen LogP contribution in [0.1, 0.15) is 6.42 Å². The van der Waals surface area contributed by atoms with Gasteiger partial charge in [0.15, 0.2) is 0 Å². The van der Waals surface area contributed by atoms with Gasteiger partial charge < -0.3 is 0 Å². The molecule has 16 heavy (non-hydrogen) atoms. The van der Waals surface area contributed by atoms with E-state index in [-0.39, 0.29) is 23.1 Å². The van der Waals surface area contributed by atoms with E-state index >= 15 is 0 Å². The second-order valence-corrected chi connectivity index (χ2v) is 7.12. The summed E-state index contributed by atoms with van der Waals surface area (Å²) in [6.07, 6.45) is 0.775. The van der Waals surface area contributed by atoms with Gasteiger partial charge in [0.05, 0.1) is 10.1 Å². The van der Waals surface area contributed by atoms with Crippen molar-refractivity contribution in [2.75, 3.05) is 0 Å². The zero-order chi connectivity index (χ0) is 11.8. The molecule has 0 aromatic rings. The molecular formula is C10H6Cl6. The quantitative estimate of drug-likeness (QED) is 0.530. The molecule has 88 valence electrons. The largest absolute Gasteiger partial charge is 0.122 e. The summed E-state index contributed by atoms with van der Waals surface area (Å²) < 4.78 is 0. The highest BCUT2D eigenvalue weighted by atomic mass is 35.5. The van der Waals surface area contributed by atoms with Gasteiger partial charge >= 0.3 is 0 Å². The molecule has 3 rings (SSSR count). The van der Waals surface area contributed by atoms with Gasteiger partial charge in [-0.3, -0.25) is 0 Å². The monoisotopic (exact) mass is 336 g/mol. The zero-order valence-electron chi connectivity index (χ0n) is 7.78. The SMILES string of the molecule is ClC1=C(Cl)[C@@]2(Cl)C(Cl)=C(Cl)[C@@H]3C[C@H]1[C@H]2C3Cl. The molecule has 0 nitrogen and oxygen atoms in total. The minimum atomic E-state index is -0.999. The van der Waals surface area contributed by atoms with Crippen molar-refractivity contribution in [1.29, 1.82) is 0 Å². The molecule has 0 N–H and O–H groups in total. The number of hydrogen-bond acceptors (Lipinski definition) is 0. The summed E-state index contributed by atoms with van der Waals surface area (Å²) >= 11 is 37.8. The summed E-state index contributed by atoms with van der Waals surface area (Å²) in [6.45, 7) is 0. The third kappa shape index (κ3) is 1.17. The third-order valence-corrected chi connectivity index (χ3v) is 7.37. The van der Waals surface area contributed by atoms with Crippen LogP contribution in [-0.2, 0) is 0 Å². The van der Waals surface area contributed by atoms with Crippen LogP contribution in [0.5, 0.6) is 0 Å². The Hall–Kier alpha value is 1.22. The molecule has 0 spiro atoms. The van der Waals surface area contributed by atoms with Crippen molar-refractivity contribution in [2.24, 2.45) is 17.8 Å². The fourth-order valence-electron chi connectivity index (χ4n) is 3.09. The molecule has 2 bridgehead atoms. The summed E-state index contributed by atoms with van der Waals surface area (Å²) in [5, 5.41) is 1.76. The summed E-state index contributed by atoms with van der Waals surface area (Å²) in [4.78, 5) is -0.999. The first-order valence-corrected chi connectivity index (χ1v) is 7.17. The Morgan fingerprint density at radius 1 is 0.938 bits per heavy atom. The molecule has 1 saturated carbocycles. The molecular weight excluding hydrogens is 333 g/mol. The molecule has 1 unspecified atom stereocenters. The number of alkyl halides is 2. The Morgan fingerprint density at radius 2 is 1.44 bits per heavy atom. The van der Waals surface area contributed by atoms with Crippen LogP contribution in [0.4, 0.5) is 0 Å². The minimum absolute atomic E-state index is 0.0455. The molecule has 0 aliphatic heterocycles. The van der Waals surface area contributed by atoms with Crippen molar-refractivity contribution >= 4 is 69.6 Å². The summed E-state index contributed by atoms with van der Waals surface area (Å²) in [7, 11) is 0. The summed E-state index contributed by atoms with van der Waals surface area (Å²) in [5.74, 6) is 0.0937. The van der Waals surface area contributed by atoms with Crippen molar-refractivity contribution < 1.29 is 0 Å². The van der Waals surface area contributed by atoms with Crippen molar-refractivity contribution in [2.45, 2.75) is 16.7 Å². The molecule has 1 fully saturated rings. The van der Waals surface area contributed by atoms with E-state index in [0.29, 0.717) is 20.1 Å². The number of rotatable bonds is 0. The lowest BCUT2D eigenvalue weighted by Crippen LogP contribution is -2.40. The van der Waals surface area contributed by atoms with Gasteiger partial charge in [0.1, 0.15) is 4.87 Å². The van der Waals surface area contributed by atoms with Gasteiger partial charge in [0.2, 0.25) is 0 Å². The fourth-order valence-corrected chi connectivity index (χ4v) is 5.91. The van der Waals surface area contributed by atoms with Crippen LogP contribution in [0.15, 0.2) is 20.1 Å². The highest BCUT2D eigenvalue weighted by molar-refractivity contribution is 6.53. The first-order valence-electron chi connectivity index (χ1n) is 4.85. The van der Waals surface area contributed by atoms with E-state index in [4.69, 9.17) is 69.6 Å². The second kappa shape index (κ2) is 3.62. The molecule has 0 aromatic carbocycles. The maximum absolute atomic E-state index is 6.55. The van der Waals surface area contributed by atoms with Gasteiger partial charge in [0.25, 0.3) is 0 Å². The Balaban J connectivity index is 2.29. The topological polar surface area (TPSA) is 0 Å². The van der Waals surface area contributed by atoms with Crippen LogP contribution >= 0.6 is 69.6 Å². The second-order valence-electron chi connectivity index (χ2n) is 4.45. The van der Waals surface area contributed by atoms with Crippen LogP contribution < -0.4 is 0 Å². The molecule has 0 saturated heterocycles. The first-order chi connectivity index (χ1) is 7.40. The van der Waals surface area contributed by atoms with E-state index in [1.165, 1.54) is 0 Å². The van der Waals surface area contributed by atoms with Gasteiger partial charge in [-0.05, 0) is 6.42 Å². The predicted octanol–water partition coefficient (Wildman–Crippen LogP) is 5.23. The predicted molar refractivity (Wildman–Crippen MR) is 70.8 cm³/mol. The lowest BCUT2D eigenvalue weighted by molar-refractivity contribution is 0.433. The van der Waals surface area contributed by atoms with Gasteiger partial charge in [-0.25, -0.2) is 0 Å². The summed E-state index contributed by atoms with van der Waals surface area (Å²) in [5.41, 5.74) is 0. The lowest BCUT2D eigenvalue weighted by Gasteiger charge is -2.37. The van der Waals surface area contributed by atoms with E-state index < -0.39 is 4.87 Å². The van der Waals surface area contributed by atoms with Crippen molar-refractivity contribution in [3.05, 3.63) is 20.1 Å². The average molecular weight is 339 g/mol. The smallest absolute Gasteiger partial charge is 0.122 e. The lowest BCUT2D eigenvalue weighted by atomic mass is 9.84. The van der Waals surface area contributed by atoms with Crippen molar-refractivity contribution in [1.82, 2.24) is 0 Å². The van der Waals surface area contributed by atoms with Crippen LogP contribution in [0.25, 0.3) is 0 Å².